The zero-order valence-corrected chi connectivity index (χ0v) is 12.4. The van der Waals surface area contributed by atoms with Crippen LogP contribution in [0.15, 0.2) is 18.2 Å². The molecule has 2 nitrogen and oxygen atoms in total. The summed E-state index contributed by atoms with van der Waals surface area (Å²) in [6.07, 6.45) is 3.60. The van der Waals surface area contributed by atoms with Gasteiger partial charge in [0.05, 0.1) is 0 Å². The minimum atomic E-state index is 0.418. The van der Waals surface area contributed by atoms with Crippen molar-refractivity contribution in [2.75, 3.05) is 4.90 Å². The molecule has 0 saturated carbocycles. The Balaban J connectivity index is 2.46. The molecule has 1 aromatic rings. The highest BCUT2D eigenvalue weighted by atomic mass is 35.5. The number of halogens is 1. The van der Waals surface area contributed by atoms with E-state index in [-0.39, 0.29) is 0 Å². The number of anilines is 1. The fourth-order valence-corrected chi connectivity index (χ4v) is 3.17. The molecule has 2 atom stereocenters. The van der Waals surface area contributed by atoms with E-state index in [9.17, 15) is 0 Å². The minimum Gasteiger partial charge on any atom is -0.389 e. The molecular formula is C14H19ClN2S. The maximum Gasteiger partial charge on any atom is 0.106 e. The first kappa shape index (κ1) is 13.6. The molecule has 4 heteroatoms. The molecule has 1 heterocycles. The summed E-state index contributed by atoms with van der Waals surface area (Å²) in [4.78, 5) is 2.87. The Morgan fingerprint density at radius 3 is 2.83 bits per heavy atom. The Hall–Kier alpha value is -0.800. The van der Waals surface area contributed by atoms with E-state index in [2.05, 4.69) is 18.7 Å². The van der Waals surface area contributed by atoms with E-state index in [0.717, 1.165) is 17.7 Å². The standard InChI is InChI=1S/C14H19ClN2S/c1-3-11-6-4-9(2)17(11)13-7-5-10(15)8-12(13)14(16)18/h5,7-9,11H,3-4,6H2,1-2H3,(H2,16,18). The van der Waals surface area contributed by atoms with Gasteiger partial charge in [-0.15, -0.1) is 0 Å². The summed E-state index contributed by atoms with van der Waals surface area (Å²) in [5.74, 6) is 0. The van der Waals surface area contributed by atoms with Gasteiger partial charge in [0.2, 0.25) is 0 Å². The van der Waals surface area contributed by atoms with Crippen LogP contribution in [0.5, 0.6) is 0 Å². The molecule has 0 bridgehead atoms. The third-order valence-electron chi connectivity index (χ3n) is 3.76. The highest BCUT2D eigenvalue weighted by Gasteiger charge is 2.31. The lowest BCUT2D eigenvalue weighted by molar-refractivity contribution is 0.628. The summed E-state index contributed by atoms with van der Waals surface area (Å²) in [5, 5.41) is 0.682. The average Bonchev–Trinajstić information content (AvgIpc) is 2.70. The number of benzene rings is 1. The second-order valence-electron chi connectivity index (χ2n) is 4.92. The van der Waals surface area contributed by atoms with Gasteiger partial charge in [-0.1, -0.05) is 30.7 Å². The van der Waals surface area contributed by atoms with Gasteiger partial charge in [0.25, 0.3) is 0 Å². The van der Waals surface area contributed by atoms with Crippen molar-refractivity contribution in [1.82, 2.24) is 0 Å². The zero-order valence-electron chi connectivity index (χ0n) is 10.8. The Labute approximate surface area is 119 Å². The van der Waals surface area contributed by atoms with Gasteiger partial charge in [0.15, 0.2) is 0 Å². The van der Waals surface area contributed by atoms with Crippen LogP contribution in [-0.4, -0.2) is 17.1 Å². The van der Waals surface area contributed by atoms with Crippen LogP contribution >= 0.6 is 23.8 Å². The molecule has 0 spiro atoms. The number of nitrogens with zero attached hydrogens (tertiary/aromatic N) is 1. The summed E-state index contributed by atoms with van der Waals surface area (Å²) in [7, 11) is 0. The molecule has 1 saturated heterocycles. The molecule has 1 fully saturated rings. The highest BCUT2D eigenvalue weighted by Crippen LogP contribution is 2.35. The molecule has 18 heavy (non-hydrogen) atoms. The number of nitrogens with two attached hydrogens (primary N) is 1. The Morgan fingerprint density at radius 1 is 1.50 bits per heavy atom. The molecule has 2 N–H and O–H groups in total. The number of rotatable bonds is 3. The third-order valence-corrected chi connectivity index (χ3v) is 4.21. The van der Waals surface area contributed by atoms with Crippen LogP contribution in [0.2, 0.25) is 5.02 Å². The maximum atomic E-state index is 6.04. The molecule has 0 aliphatic carbocycles. The largest absolute Gasteiger partial charge is 0.389 e. The van der Waals surface area contributed by atoms with Crippen molar-refractivity contribution >= 4 is 34.5 Å². The molecular weight excluding hydrogens is 264 g/mol. The number of thiocarbonyl (C=S) groups is 1. The lowest BCUT2D eigenvalue weighted by atomic mass is 10.1. The molecule has 0 amide bonds. The quantitative estimate of drug-likeness (QED) is 0.857. The topological polar surface area (TPSA) is 29.3 Å². The van der Waals surface area contributed by atoms with E-state index in [1.165, 1.54) is 12.8 Å². The summed E-state index contributed by atoms with van der Waals surface area (Å²) in [6, 6.07) is 6.94. The molecule has 1 aliphatic rings. The Morgan fingerprint density at radius 2 is 2.22 bits per heavy atom. The van der Waals surface area contributed by atoms with Gasteiger partial charge in [0, 0.05) is 28.4 Å². The van der Waals surface area contributed by atoms with E-state index in [1.54, 1.807) is 0 Å². The summed E-state index contributed by atoms with van der Waals surface area (Å²) in [6.45, 7) is 4.49. The van der Waals surface area contributed by atoms with Crippen molar-refractivity contribution in [3.8, 4) is 0 Å². The zero-order chi connectivity index (χ0) is 13.3. The van der Waals surface area contributed by atoms with Crippen molar-refractivity contribution in [3.63, 3.8) is 0 Å². The van der Waals surface area contributed by atoms with Crippen LogP contribution < -0.4 is 10.6 Å². The smallest absolute Gasteiger partial charge is 0.106 e. The fraction of sp³-hybridized carbons (Fsp3) is 0.500. The molecule has 1 aromatic carbocycles. The second-order valence-corrected chi connectivity index (χ2v) is 5.80. The first-order chi connectivity index (χ1) is 8.54. The van der Waals surface area contributed by atoms with E-state index in [1.807, 2.05) is 18.2 Å². The fourth-order valence-electron chi connectivity index (χ4n) is 2.84. The molecule has 2 unspecified atom stereocenters. The minimum absolute atomic E-state index is 0.418. The Kier molecular flexibility index (Phi) is 4.13. The van der Waals surface area contributed by atoms with Crippen molar-refractivity contribution in [2.45, 2.75) is 45.2 Å². The van der Waals surface area contributed by atoms with Gasteiger partial charge < -0.3 is 10.6 Å². The van der Waals surface area contributed by atoms with Gasteiger partial charge in [-0.25, -0.2) is 0 Å². The third kappa shape index (κ3) is 2.47. The predicted molar refractivity (Wildman–Crippen MR) is 82.6 cm³/mol. The number of hydrogen-bond acceptors (Lipinski definition) is 2. The predicted octanol–water partition coefficient (Wildman–Crippen LogP) is 3.74. The molecule has 0 radical (unpaired) electrons. The first-order valence-electron chi connectivity index (χ1n) is 6.42. The van der Waals surface area contributed by atoms with Crippen molar-refractivity contribution in [2.24, 2.45) is 5.73 Å². The van der Waals surface area contributed by atoms with Crippen LogP contribution in [-0.2, 0) is 0 Å². The van der Waals surface area contributed by atoms with Crippen LogP contribution in [0.25, 0.3) is 0 Å². The first-order valence-corrected chi connectivity index (χ1v) is 7.21. The van der Waals surface area contributed by atoms with Gasteiger partial charge in [-0.3, -0.25) is 0 Å². The number of hydrogen-bond donors (Lipinski definition) is 1. The van der Waals surface area contributed by atoms with E-state index >= 15 is 0 Å². The molecule has 2 rings (SSSR count). The van der Waals surface area contributed by atoms with E-state index in [0.29, 0.717) is 22.1 Å². The van der Waals surface area contributed by atoms with Crippen molar-refractivity contribution in [1.29, 1.82) is 0 Å². The Bertz CT molecular complexity index is 461. The maximum absolute atomic E-state index is 6.04. The summed E-state index contributed by atoms with van der Waals surface area (Å²) >= 11 is 11.2. The molecule has 1 aliphatic heterocycles. The second kappa shape index (κ2) is 5.45. The van der Waals surface area contributed by atoms with E-state index < -0.39 is 0 Å². The lowest BCUT2D eigenvalue weighted by Gasteiger charge is -2.32. The van der Waals surface area contributed by atoms with Crippen molar-refractivity contribution < 1.29 is 0 Å². The monoisotopic (exact) mass is 282 g/mol. The average molecular weight is 283 g/mol. The van der Waals surface area contributed by atoms with Crippen LogP contribution in [0.4, 0.5) is 5.69 Å². The summed E-state index contributed by atoms with van der Waals surface area (Å²) in [5.41, 5.74) is 7.85. The molecule has 98 valence electrons. The SMILES string of the molecule is CCC1CCC(C)N1c1ccc(Cl)cc1C(N)=S. The normalized spacial score (nSPS) is 23.4. The highest BCUT2D eigenvalue weighted by molar-refractivity contribution is 7.80. The van der Waals surface area contributed by atoms with Gasteiger partial charge in [0.1, 0.15) is 4.99 Å². The van der Waals surface area contributed by atoms with Crippen LogP contribution in [0, 0.1) is 0 Å². The van der Waals surface area contributed by atoms with E-state index in [4.69, 9.17) is 29.6 Å². The van der Waals surface area contributed by atoms with Crippen LogP contribution in [0.1, 0.15) is 38.7 Å². The van der Waals surface area contributed by atoms with Crippen molar-refractivity contribution in [3.05, 3.63) is 28.8 Å². The van der Waals surface area contributed by atoms with Gasteiger partial charge >= 0.3 is 0 Å². The molecule has 0 aromatic heterocycles. The van der Waals surface area contributed by atoms with Crippen LogP contribution in [0.3, 0.4) is 0 Å². The summed E-state index contributed by atoms with van der Waals surface area (Å²) < 4.78 is 0. The van der Waals surface area contributed by atoms with Gasteiger partial charge in [-0.05, 0) is 44.4 Å². The van der Waals surface area contributed by atoms with Gasteiger partial charge in [-0.2, -0.15) is 0 Å². The lowest BCUT2D eigenvalue weighted by Crippen LogP contribution is -2.35.